The number of tetrazole rings is 1. The Labute approximate surface area is 198 Å². The maximum Gasteiger partial charge on any atom is 0.251 e. The second-order valence-corrected chi connectivity index (χ2v) is 8.07. The molecular formula is C24H17ClF2N6O. The average molecular weight is 479 g/mol. The third-order valence-corrected chi connectivity index (χ3v) is 5.57. The summed E-state index contributed by atoms with van der Waals surface area (Å²) in [4.78, 5) is 14.5. The number of carbonyl (C=O) groups excluding carboxylic acids is 1. The van der Waals surface area contributed by atoms with Crippen molar-refractivity contribution in [3.63, 3.8) is 0 Å². The quantitative estimate of drug-likeness (QED) is 0.450. The van der Waals surface area contributed by atoms with Gasteiger partial charge in [-0.05, 0) is 51.9 Å². The smallest absolute Gasteiger partial charge is 0.251 e. The molecule has 1 aliphatic heterocycles. The van der Waals surface area contributed by atoms with Gasteiger partial charge in [0.25, 0.3) is 5.95 Å². The molecule has 170 valence electrons. The molecule has 0 radical (unpaired) electrons. The van der Waals surface area contributed by atoms with Crippen LogP contribution in [0.15, 0.2) is 78.9 Å². The zero-order valence-electron chi connectivity index (χ0n) is 17.6. The lowest BCUT2D eigenvalue weighted by Crippen LogP contribution is -2.37. The van der Waals surface area contributed by atoms with Crippen LogP contribution in [-0.2, 0) is 4.79 Å². The molecule has 3 aromatic carbocycles. The number of amides is 1. The van der Waals surface area contributed by atoms with E-state index in [4.69, 9.17) is 11.6 Å². The van der Waals surface area contributed by atoms with Crippen LogP contribution in [0.4, 0.5) is 20.4 Å². The van der Waals surface area contributed by atoms with E-state index in [-0.39, 0.29) is 18.3 Å². The fourth-order valence-corrected chi connectivity index (χ4v) is 3.98. The molecule has 7 nitrogen and oxygen atoms in total. The molecule has 0 saturated heterocycles. The lowest BCUT2D eigenvalue weighted by Gasteiger charge is -2.32. The molecule has 1 N–H and O–H groups in total. The van der Waals surface area contributed by atoms with Crippen molar-refractivity contribution in [2.45, 2.75) is 6.04 Å². The van der Waals surface area contributed by atoms with Crippen LogP contribution in [0.2, 0.25) is 5.02 Å². The fourth-order valence-electron chi connectivity index (χ4n) is 3.85. The lowest BCUT2D eigenvalue weighted by atomic mass is 10.0. The van der Waals surface area contributed by atoms with Crippen molar-refractivity contribution in [1.82, 2.24) is 20.2 Å². The Morgan fingerprint density at radius 3 is 2.41 bits per heavy atom. The van der Waals surface area contributed by atoms with Crippen molar-refractivity contribution < 1.29 is 13.6 Å². The van der Waals surface area contributed by atoms with Gasteiger partial charge < -0.3 is 5.32 Å². The Morgan fingerprint density at radius 2 is 1.71 bits per heavy atom. The summed E-state index contributed by atoms with van der Waals surface area (Å²) in [6.07, 6.45) is 1.96. The third-order valence-electron chi connectivity index (χ3n) is 5.32. The largest absolute Gasteiger partial charge is 0.324 e. The number of halogens is 3. The highest BCUT2D eigenvalue weighted by atomic mass is 35.5. The minimum Gasteiger partial charge on any atom is -0.324 e. The number of aromatic nitrogens is 4. The van der Waals surface area contributed by atoms with Crippen LogP contribution in [-0.4, -0.2) is 32.7 Å². The first-order chi connectivity index (χ1) is 16.5. The van der Waals surface area contributed by atoms with Gasteiger partial charge >= 0.3 is 0 Å². The van der Waals surface area contributed by atoms with Gasteiger partial charge in [-0.25, -0.2) is 8.78 Å². The maximum absolute atomic E-state index is 13.6. The third kappa shape index (κ3) is 4.38. The highest BCUT2D eigenvalue weighted by Crippen LogP contribution is 2.36. The number of rotatable bonds is 5. The maximum atomic E-state index is 13.6. The Balaban J connectivity index is 1.53. The summed E-state index contributed by atoms with van der Waals surface area (Å²) in [6, 6.07) is 19.4. The first kappa shape index (κ1) is 21.7. The Kier molecular flexibility index (Phi) is 5.77. The van der Waals surface area contributed by atoms with Gasteiger partial charge in [0.1, 0.15) is 24.2 Å². The van der Waals surface area contributed by atoms with Crippen LogP contribution in [0.1, 0.15) is 17.2 Å². The second kappa shape index (κ2) is 9.03. The molecule has 0 bridgehead atoms. The Morgan fingerprint density at radius 1 is 1.00 bits per heavy atom. The molecule has 1 amide bonds. The summed E-state index contributed by atoms with van der Waals surface area (Å²) < 4.78 is 28.7. The van der Waals surface area contributed by atoms with E-state index >= 15 is 0 Å². The van der Waals surface area contributed by atoms with Crippen LogP contribution in [0.3, 0.4) is 0 Å². The molecule has 0 aliphatic carbocycles. The van der Waals surface area contributed by atoms with Crippen LogP contribution < -0.4 is 10.2 Å². The summed E-state index contributed by atoms with van der Waals surface area (Å²) >= 11 is 6.08. The number of nitrogens with one attached hydrogen (secondary N) is 1. The van der Waals surface area contributed by atoms with E-state index in [0.717, 1.165) is 29.3 Å². The zero-order chi connectivity index (χ0) is 23.7. The number of anilines is 2. The molecule has 0 saturated carbocycles. The summed E-state index contributed by atoms with van der Waals surface area (Å²) in [6.45, 7) is -0.200. The van der Waals surface area contributed by atoms with Crippen LogP contribution in [0.25, 0.3) is 5.70 Å². The minimum atomic E-state index is -0.787. The number of carbonyl (C=O) groups is 1. The molecule has 1 aromatic heterocycles. The monoisotopic (exact) mass is 478 g/mol. The van der Waals surface area contributed by atoms with Gasteiger partial charge in [-0.15, -0.1) is 0 Å². The summed E-state index contributed by atoms with van der Waals surface area (Å²) in [5.74, 6) is -1.73. The van der Waals surface area contributed by atoms with Gasteiger partial charge in [0, 0.05) is 16.8 Å². The standard InChI is InChI=1S/C24H17ClF2N6O/c25-17-8-6-16(7-9-17)21-13-22(15-4-2-1-3-5-15)33-24(29-30-31-33)32(21)14-23(34)28-20-11-18(26)10-19(27)12-20/h1-13,22H,14H2,(H,28,34)/t22-/m1/s1. The van der Waals surface area contributed by atoms with Crippen LogP contribution >= 0.6 is 11.6 Å². The molecule has 0 spiro atoms. The fraction of sp³-hybridized carbons (Fsp3) is 0.0833. The van der Waals surface area contributed by atoms with E-state index in [9.17, 15) is 13.6 Å². The Bertz CT molecular complexity index is 1350. The average Bonchev–Trinajstić information content (AvgIpc) is 3.30. The van der Waals surface area contributed by atoms with E-state index in [1.807, 2.05) is 48.5 Å². The number of benzene rings is 3. The van der Waals surface area contributed by atoms with Crippen molar-refractivity contribution in [3.8, 4) is 0 Å². The first-order valence-corrected chi connectivity index (χ1v) is 10.7. The van der Waals surface area contributed by atoms with E-state index in [1.54, 1.807) is 21.7 Å². The SMILES string of the molecule is O=C(CN1C(c2ccc(Cl)cc2)=C[C@H](c2ccccc2)n2nnnc21)Nc1cc(F)cc(F)c1. The van der Waals surface area contributed by atoms with Crippen LogP contribution in [0.5, 0.6) is 0 Å². The van der Waals surface area contributed by atoms with Crippen molar-refractivity contribution in [1.29, 1.82) is 0 Å². The number of hydrogen-bond acceptors (Lipinski definition) is 5. The van der Waals surface area contributed by atoms with Crippen LogP contribution in [0, 0.1) is 11.6 Å². The van der Waals surface area contributed by atoms with Crippen molar-refractivity contribution >= 4 is 34.8 Å². The van der Waals surface area contributed by atoms with Gasteiger partial charge in [0.15, 0.2) is 0 Å². The predicted molar refractivity (Wildman–Crippen MR) is 124 cm³/mol. The van der Waals surface area contributed by atoms with Gasteiger partial charge in [-0.3, -0.25) is 9.69 Å². The number of fused-ring (bicyclic) bond motifs is 1. The van der Waals surface area contributed by atoms with Gasteiger partial charge in [0.05, 0.1) is 5.70 Å². The summed E-state index contributed by atoms with van der Waals surface area (Å²) in [5, 5.41) is 15.2. The van der Waals surface area contributed by atoms with Crippen molar-refractivity contribution in [2.24, 2.45) is 0 Å². The van der Waals surface area contributed by atoms with Gasteiger partial charge in [0.2, 0.25) is 5.91 Å². The molecule has 0 fully saturated rings. The molecule has 0 unspecified atom stereocenters. The molecule has 5 rings (SSSR count). The summed E-state index contributed by atoms with van der Waals surface area (Å²) in [7, 11) is 0. The Hall–Kier alpha value is -4.11. The van der Waals surface area contributed by atoms with E-state index < -0.39 is 17.5 Å². The molecule has 10 heteroatoms. The second-order valence-electron chi connectivity index (χ2n) is 7.63. The van der Waals surface area contributed by atoms with Gasteiger partial charge in [-0.1, -0.05) is 59.2 Å². The molecule has 1 aliphatic rings. The highest BCUT2D eigenvalue weighted by molar-refractivity contribution is 6.30. The number of hydrogen-bond donors (Lipinski definition) is 1. The highest BCUT2D eigenvalue weighted by Gasteiger charge is 2.32. The topological polar surface area (TPSA) is 75.9 Å². The minimum absolute atomic E-state index is 0.0123. The predicted octanol–water partition coefficient (Wildman–Crippen LogP) is 4.69. The number of allylic oxidation sites excluding steroid dienone is 1. The van der Waals surface area contributed by atoms with E-state index in [0.29, 0.717) is 16.7 Å². The molecular weight excluding hydrogens is 462 g/mol. The molecule has 2 heterocycles. The van der Waals surface area contributed by atoms with E-state index in [2.05, 4.69) is 20.8 Å². The molecule has 34 heavy (non-hydrogen) atoms. The molecule has 4 aromatic rings. The number of nitrogens with zero attached hydrogens (tertiary/aromatic N) is 5. The first-order valence-electron chi connectivity index (χ1n) is 10.3. The van der Waals surface area contributed by atoms with E-state index in [1.165, 1.54) is 0 Å². The zero-order valence-corrected chi connectivity index (χ0v) is 18.3. The normalized spacial score (nSPS) is 15.0. The molecule has 1 atom stereocenters. The van der Waals surface area contributed by atoms with Gasteiger partial charge in [-0.2, -0.15) is 4.68 Å². The van der Waals surface area contributed by atoms with Crippen molar-refractivity contribution in [3.05, 3.63) is 107 Å². The lowest BCUT2D eigenvalue weighted by molar-refractivity contribution is -0.114. The van der Waals surface area contributed by atoms with Crippen molar-refractivity contribution in [2.75, 3.05) is 16.8 Å². The summed E-state index contributed by atoms with van der Waals surface area (Å²) in [5.41, 5.74) is 2.46.